The number of hydrogen-bond acceptors (Lipinski definition) is 3. The van der Waals surface area contributed by atoms with Crippen LogP contribution in [0.2, 0.25) is 0 Å². The molecule has 0 fully saturated rings. The van der Waals surface area contributed by atoms with Gasteiger partial charge in [-0.3, -0.25) is 9.13 Å². The van der Waals surface area contributed by atoms with Crippen molar-refractivity contribution in [2.24, 2.45) is 5.41 Å². The van der Waals surface area contributed by atoms with Crippen LogP contribution in [0.1, 0.15) is 88.6 Å². The minimum absolute atomic E-state index is 0.0734. The van der Waals surface area contributed by atoms with Gasteiger partial charge >= 0.3 is 0 Å². The number of hydrogen-bond donors (Lipinski definition) is 0. The van der Waals surface area contributed by atoms with Crippen LogP contribution in [0.5, 0.6) is 11.5 Å². The number of benzene rings is 6. The molecule has 0 saturated heterocycles. The Hall–Kier alpha value is -7.31. The fraction of sp³-hybridized carbons (Fsp3) is 0.217. The molecule has 0 spiro atoms. The van der Waals surface area contributed by atoms with Gasteiger partial charge in [-0.1, -0.05) is 165 Å². The third kappa shape index (κ3) is 8.17. The van der Waals surface area contributed by atoms with Gasteiger partial charge < -0.3 is 9.30 Å². The summed E-state index contributed by atoms with van der Waals surface area (Å²) in [5, 5.41) is 2.03. The first-order valence-corrected chi connectivity index (χ1v) is 22.4. The maximum atomic E-state index is 9.19. The van der Waals surface area contributed by atoms with Gasteiger partial charge in [0.25, 0.3) is 0 Å². The van der Waals surface area contributed by atoms with Gasteiger partial charge in [0.1, 0.15) is 17.3 Å². The molecule has 0 aliphatic carbocycles. The Morgan fingerprint density at radius 2 is 1.29 bits per heavy atom. The van der Waals surface area contributed by atoms with E-state index in [0.717, 1.165) is 44.1 Å². The van der Waals surface area contributed by atoms with Crippen LogP contribution in [-0.2, 0) is 17.2 Å². The quantitative estimate of drug-likeness (QED) is 0.113. The van der Waals surface area contributed by atoms with E-state index in [1.54, 1.807) is 24.5 Å². The highest BCUT2D eigenvalue weighted by Gasteiger charge is 2.25. The van der Waals surface area contributed by atoms with Crippen molar-refractivity contribution in [3.63, 3.8) is 0 Å². The molecule has 0 radical (unpaired) electrons. The molecule has 0 bridgehead atoms. The number of para-hydroxylation sites is 2. The average molecular weight is 871 g/mol. The van der Waals surface area contributed by atoms with Crippen LogP contribution in [0.3, 0.4) is 0 Å². The van der Waals surface area contributed by atoms with Crippen molar-refractivity contribution in [3.05, 3.63) is 193 Å². The number of ether oxygens (including phenoxy) is 1. The summed E-state index contributed by atoms with van der Waals surface area (Å²) in [7, 11) is 0. The van der Waals surface area contributed by atoms with Crippen LogP contribution < -0.4 is 9.30 Å². The van der Waals surface area contributed by atoms with Gasteiger partial charge in [-0.25, -0.2) is 4.98 Å². The van der Waals surface area contributed by atoms with Crippen molar-refractivity contribution in [1.82, 2.24) is 19.1 Å². The molecule has 0 unspecified atom stereocenters. The summed E-state index contributed by atoms with van der Waals surface area (Å²) in [5.41, 5.74) is 8.21. The molecule has 0 N–H and O–H groups in total. The zero-order chi connectivity index (χ0) is 52.1. The summed E-state index contributed by atoms with van der Waals surface area (Å²) < 4.78 is 74.9. The molecule has 0 amide bonds. The second kappa shape index (κ2) is 16.3. The Morgan fingerprint density at radius 3 is 2.03 bits per heavy atom. The minimum atomic E-state index is -1.62. The van der Waals surface area contributed by atoms with Crippen LogP contribution in [0.4, 0.5) is 0 Å². The standard InChI is InChI=1S/C60H57N5O/c1-58(2,3)38-40-29-31-61-55(32-40)65-52-25-14-13-22-50(52)51-28-27-47(37-54(51)65)66-46-21-15-20-45(36-46)63-39-64(57-53(63)26-17-30-62-57)56-48(41-18-11-10-12-19-41)23-16-24-49(56)42-33-43(59(4,5)6)35-44(34-42)60(7,8)9/h10-37H,38H2,1-9H3/i10D,11D,12D,18D,19D,38D2. The molecule has 10 aromatic rings. The summed E-state index contributed by atoms with van der Waals surface area (Å²) in [6.07, 6.45) is 5.38. The fourth-order valence-electron chi connectivity index (χ4n) is 8.68. The van der Waals surface area contributed by atoms with Gasteiger partial charge in [0.15, 0.2) is 6.33 Å². The second-order valence-corrected chi connectivity index (χ2v) is 20.0. The maximum absolute atomic E-state index is 9.19. The highest BCUT2D eigenvalue weighted by Crippen LogP contribution is 2.40. The van der Waals surface area contributed by atoms with E-state index in [9.17, 15) is 2.74 Å². The van der Waals surface area contributed by atoms with E-state index in [1.807, 2.05) is 121 Å². The van der Waals surface area contributed by atoms with E-state index >= 15 is 0 Å². The van der Waals surface area contributed by atoms with Crippen LogP contribution in [0, 0.1) is 11.7 Å². The van der Waals surface area contributed by atoms with E-state index in [1.165, 1.54) is 0 Å². The molecular formula is C60H57N5O. The molecule has 0 atom stereocenters. The SMILES string of the molecule is [2H]c1c([2H])c([2H])c(-c2cccc(-c3cc(C(C)(C)C)cc(C(C)(C)C)c3)c2-[n+]2[c-]n(-c3cccc(Oc4ccc5c6ccccc6n(-c6cc(C([2H])([2H])C(C)(C)C)ccn6)c5c4)c3)c3cccnc32)c([2H])c1[2H]. The van der Waals surface area contributed by atoms with Gasteiger partial charge in [0, 0.05) is 31.5 Å². The first kappa shape index (κ1) is 35.0. The summed E-state index contributed by atoms with van der Waals surface area (Å²) >= 11 is 0. The largest absolute Gasteiger partial charge is 0.458 e. The van der Waals surface area contributed by atoms with Crippen LogP contribution >= 0.6 is 0 Å². The smallest absolute Gasteiger partial charge is 0.208 e. The lowest BCUT2D eigenvalue weighted by Gasteiger charge is -2.27. The predicted octanol–water partition coefficient (Wildman–Crippen LogP) is 14.9. The normalized spacial score (nSPS) is 14.1. The van der Waals surface area contributed by atoms with Gasteiger partial charge in [-0.15, -0.1) is 0 Å². The highest BCUT2D eigenvalue weighted by atomic mass is 16.5. The highest BCUT2D eigenvalue weighted by molar-refractivity contribution is 6.09. The van der Waals surface area contributed by atoms with Crippen molar-refractivity contribution < 1.29 is 18.9 Å². The van der Waals surface area contributed by atoms with Crippen molar-refractivity contribution in [3.8, 4) is 50.9 Å². The Kier molecular flexibility index (Phi) is 8.64. The number of fused-ring (bicyclic) bond motifs is 4. The summed E-state index contributed by atoms with van der Waals surface area (Å²) in [6.45, 7) is 18.8. The molecule has 328 valence electrons. The summed E-state index contributed by atoms with van der Waals surface area (Å²) in [6, 6.07) is 39.6. The number of imidazole rings is 1. The molecular weight excluding hydrogens is 807 g/mol. The molecule has 0 aliphatic heterocycles. The van der Waals surface area contributed by atoms with Crippen molar-refractivity contribution in [1.29, 1.82) is 0 Å². The monoisotopic (exact) mass is 871 g/mol. The molecule has 10 rings (SSSR count). The molecule has 4 heterocycles. The topological polar surface area (TPSA) is 48.8 Å². The molecule has 6 nitrogen and oxygen atoms in total. The van der Waals surface area contributed by atoms with Gasteiger partial charge in [0.2, 0.25) is 5.65 Å². The van der Waals surface area contributed by atoms with Crippen molar-refractivity contribution in [2.45, 2.75) is 79.5 Å². The van der Waals surface area contributed by atoms with E-state index < -0.39 is 29.9 Å². The van der Waals surface area contributed by atoms with Gasteiger partial charge in [-0.05, 0) is 110 Å². The third-order valence-electron chi connectivity index (χ3n) is 11.9. The first-order valence-electron chi connectivity index (χ1n) is 25.9. The lowest BCUT2D eigenvalue weighted by atomic mass is 9.78. The zero-order valence-electron chi connectivity index (χ0n) is 45.9. The van der Waals surface area contributed by atoms with Crippen LogP contribution in [0.15, 0.2) is 170 Å². The lowest BCUT2D eigenvalue weighted by Crippen LogP contribution is -2.32. The Balaban J connectivity index is 1.14. The minimum Gasteiger partial charge on any atom is -0.458 e. The molecule has 6 heteroatoms. The molecule has 6 aromatic carbocycles. The Morgan fingerprint density at radius 1 is 0.606 bits per heavy atom. The van der Waals surface area contributed by atoms with Crippen molar-refractivity contribution in [2.75, 3.05) is 0 Å². The van der Waals surface area contributed by atoms with E-state index in [2.05, 4.69) is 76.7 Å². The third-order valence-corrected chi connectivity index (χ3v) is 11.9. The first-order chi connectivity index (χ1) is 34.4. The molecule has 4 aromatic heterocycles. The lowest BCUT2D eigenvalue weighted by molar-refractivity contribution is -0.573. The number of aromatic nitrogens is 5. The summed E-state index contributed by atoms with van der Waals surface area (Å²) in [5.74, 6) is 1.73. The van der Waals surface area contributed by atoms with Gasteiger partial charge in [0.05, 0.1) is 35.3 Å². The van der Waals surface area contributed by atoms with E-state index in [4.69, 9.17) is 21.6 Å². The molecule has 0 aliphatic rings. The summed E-state index contributed by atoms with van der Waals surface area (Å²) in [4.78, 5) is 9.71. The number of nitrogens with zero attached hydrogens (tertiary/aromatic N) is 5. The van der Waals surface area contributed by atoms with Crippen molar-refractivity contribution >= 4 is 33.0 Å². The van der Waals surface area contributed by atoms with E-state index in [0.29, 0.717) is 51.0 Å². The fourth-order valence-corrected chi connectivity index (χ4v) is 8.68. The number of rotatable bonds is 8. The Labute approximate surface area is 398 Å². The average Bonchev–Trinajstić information content (AvgIpc) is 3.90. The predicted molar refractivity (Wildman–Crippen MR) is 272 cm³/mol. The Bertz CT molecular complexity index is 3770. The molecule has 0 saturated carbocycles. The van der Waals surface area contributed by atoms with Crippen LogP contribution in [-0.4, -0.2) is 19.1 Å². The second-order valence-electron chi connectivity index (χ2n) is 20.0. The van der Waals surface area contributed by atoms with Crippen LogP contribution in [0.25, 0.3) is 72.4 Å². The maximum Gasteiger partial charge on any atom is 0.208 e. The van der Waals surface area contributed by atoms with Gasteiger partial charge in [-0.2, -0.15) is 4.98 Å². The molecule has 66 heavy (non-hydrogen) atoms. The zero-order valence-corrected chi connectivity index (χ0v) is 38.9. The van der Waals surface area contributed by atoms with E-state index in [-0.39, 0.29) is 28.5 Å². The number of pyridine rings is 2.